The summed E-state index contributed by atoms with van der Waals surface area (Å²) in [4.78, 5) is 16.3. The largest absolute Gasteiger partial charge is 0.442 e. The van der Waals surface area contributed by atoms with Crippen LogP contribution >= 0.6 is 0 Å². The molecule has 0 saturated carbocycles. The zero-order valence-electron chi connectivity index (χ0n) is 11.5. The summed E-state index contributed by atoms with van der Waals surface area (Å²) in [6.07, 6.45) is 0. The molecule has 0 atom stereocenters. The Kier molecular flexibility index (Phi) is 2.86. The summed E-state index contributed by atoms with van der Waals surface area (Å²) in [7, 11) is 0. The van der Waals surface area contributed by atoms with Gasteiger partial charge in [-0.25, -0.2) is 14.3 Å². The van der Waals surface area contributed by atoms with Gasteiger partial charge in [-0.1, -0.05) is 47.6 Å². The molecule has 2 aromatic carbocycles. The number of nitrogens with zero attached hydrogens (tertiary/aromatic N) is 3. The Morgan fingerprint density at radius 2 is 1.77 bits per heavy atom. The van der Waals surface area contributed by atoms with Crippen molar-refractivity contribution in [1.29, 1.82) is 0 Å². The molecule has 0 bridgehead atoms. The molecule has 0 unspecified atom stereocenters. The third-order valence-electron chi connectivity index (χ3n) is 3.35. The molecule has 0 aliphatic heterocycles. The number of rotatable bonds is 3. The maximum Gasteiger partial charge on any atom is 0.442 e. The zero-order valence-corrected chi connectivity index (χ0v) is 11.5. The number of fused-ring (bicyclic) bond motifs is 1. The normalized spacial score (nSPS) is 11.1. The summed E-state index contributed by atoms with van der Waals surface area (Å²) in [6, 6.07) is 16.8. The van der Waals surface area contributed by atoms with Gasteiger partial charge in [-0.15, -0.1) is 0 Å². The first-order chi connectivity index (χ1) is 10.8. The second-order valence-corrected chi connectivity index (χ2v) is 4.80. The van der Waals surface area contributed by atoms with Gasteiger partial charge in [0.2, 0.25) is 5.89 Å². The monoisotopic (exact) mass is 293 g/mol. The summed E-state index contributed by atoms with van der Waals surface area (Å²) >= 11 is 0. The predicted molar refractivity (Wildman–Crippen MR) is 79.3 cm³/mol. The third kappa shape index (κ3) is 2.10. The van der Waals surface area contributed by atoms with Crippen LogP contribution in [0.15, 0.2) is 68.3 Å². The fraction of sp³-hybridized carbons (Fsp3) is 0.0625. The van der Waals surface area contributed by atoms with Gasteiger partial charge in [0.05, 0.1) is 0 Å². The lowest BCUT2D eigenvalue weighted by Gasteiger charge is -2.01. The van der Waals surface area contributed by atoms with Gasteiger partial charge in [0, 0.05) is 5.56 Å². The van der Waals surface area contributed by atoms with Crippen LogP contribution < -0.4 is 5.76 Å². The second kappa shape index (κ2) is 5.00. The van der Waals surface area contributed by atoms with E-state index >= 15 is 0 Å². The molecule has 0 fully saturated rings. The van der Waals surface area contributed by atoms with Crippen molar-refractivity contribution < 1.29 is 8.94 Å². The molecule has 0 spiro atoms. The van der Waals surface area contributed by atoms with Gasteiger partial charge >= 0.3 is 5.76 Å². The van der Waals surface area contributed by atoms with Crippen LogP contribution in [0, 0.1) is 0 Å². The van der Waals surface area contributed by atoms with E-state index in [4.69, 9.17) is 8.94 Å². The number of para-hydroxylation sites is 2. The van der Waals surface area contributed by atoms with Gasteiger partial charge < -0.3 is 4.42 Å². The first-order valence-corrected chi connectivity index (χ1v) is 6.77. The number of hydrogen-bond donors (Lipinski definition) is 0. The number of benzene rings is 2. The highest BCUT2D eigenvalue weighted by molar-refractivity contribution is 5.72. The summed E-state index contributed by atoms with van der Waals surface area (Å²) < 4.78 is 11.8. The Morgan fingerprint density at radius 3 is 2.59 bits per heavy atom. The summed E-state index contributed by atoms with van der Waals surface area (Å²) in [5, 5.41) is 3.84. The number of oxazole rings is 1. The van der Waals surface area contributed by atoms with Crippen molar-refractivity contribution in [1.82, 2.24) is 14.7 Å². The molecule has 0 N–H and O–H groups in total. The molecule has 108 valence electrons. The molecular weight excluding hydrogens is 282 g/mol. The third-order valence-corrected chi connectivity index (χ3v) is 3.35. The maximum absolute atomic E-state index is 11.9. The van der Waals surface area contributed by atoms with Gasteiger partial charge in [0.15, 0.2) is 11.4 Å². The molecule has 6 heteroatoms. The van der Waals surface area contributed by atoms with E-state index in [-0.39, 0.29) is 6.54 Å². The van der Waals surface area contributed by atoms with E-state index in [1.165, 1.54) is 4.57 Å². The van der Waals surface area contributed by atoms with Crippen molar-refractivity contribution in [3.8, 4) is 11.4 Å². The molecule has 0 radical (unpaired) electrons. The van der Waals surface area contributed by atoms with Gasteiger partial charge in [-0.3, -0.25) is 4.52 Å². The van der Waals surface area contributed by atoms with Gasteiger partial charge in [-0.2, -0.15) is 0 Å². The van der Waals surface area contributed by atoms with E-state index in [1.54, 1.807) is 0 Å². The highest BCUT2D eigenvalue weighted by Crippen LogP contribution is 2.18. The highest BCUT2D eigenvalue weighted by Gasteiger charge is 2.15. The molecule has 4 aromatic rings. The summed E-state index contributed by atoms with van der Waals surface area (Å²) in [5.41, 5.74) is 2.23. The van der Waals surface area contributed by atoms with Gasteiger partial charge in [0.1, 0.15) is 12.1 Å². The molecule has 0 aliphatic carbocycles. The maximum atomic E-state index is 11.9. The van der Waals surface area contributed by atoms with Crippen LogP contribution in [0.1, 0.15) is 5.89 Å². The lowest BCUT2D eigenvalue weighted by atomic mass is 10.2. The van der Waals surface area contributed by atoms with E-state index in [1.807, 2.05) is 54.6 Å². The van der Waals surface area contributed by atoms with Crippen LogP contribution in [-0.2, 0) is 6.54 Å². The van der Waals surface area contributed by atoms with Crippen LogP contribution in [0.4, 0.5) is 0 Å². The van der Waals surface area contributed by atoms with Crippen molar-refractivity contribution in [3.63, 3.8) is 0 Å². The van der Waals surface area contributed by atoms with Crippen LogP contribution in [-0.4, -0.2) is 14.7 Å². The number of hydrogen-bond acceptors (Lipinski definition) is 5. The molecule has 0 aliphatic rings. The van der Waals surface area contributed by atoms with E-state index in [0.29, 0.717) is 17.3 Å². The van der Waals surface area contributed by atoms with E-state index in [0.717, 1.165) is 11.1 Å². The predicted octanol–water partition coefficient (Wildman–Crippen LogP) is 2.69. The smallest absolute Gasteiger partial charge is 0.439 e. The molecule has 22 heavy (non-hydrogen) atoms. The highest BCUT2D eigenvalue weighted by atomic mass is 16.5. The molecular formula is C16H11N3O3. The Bertz CT molecular complexity index is 949. The fourth-order valence-corrected chi connectivity index (χ4v) is 2.33. The Hall–Kier alpha value is -3.15. The van der Waals surface area contributed by atoms with Gasteiger partial charge in [-0.05, 0) is 12.1 Å². The molecule has 0 amide bonds. The Morgan fingerprint density at radius 1 is 1.00 bits per heavy atom. The lowest BCUT2D eigenvalue weighted by Crippen LogP contribution is -2.16. The standard InChI is InChI=1S/C16H11N3O3/c20-16-19(15(18-22-16)11-6-2-1-3-7-11)10-14-17-12-8-4-5-9-13(12)21-14/h1-9H,10H2. The number of aromatic nitrogens is 3. The minimum absolute atomic E-state index is 0.168. The van der Waals surface area contributed by atoms with Crippen molar-refractivity contribution in [3.05, 3.63) is 71.0 Å². The zero-order chi connectivity index (χ0) is 14.9. The fourth-order valence-electron chi connectivity index (χ4n) is 2.33. The molecule has 4 rings (SSSR count). The quantitative estimate of drug-likeness (QED) is 0.580. The molecule has 2 heterocycles. The minimum Gasteiger partial charge on any atom is -0.439 e. The van der Waals surface area contributed by atoms with Crippen molar-refractivity contribution >= 4 is 11.1 Å². The van der Waals surface area contributed by atoms with E-state index in [2.05, 4.69) is 10.1 Å². The van der Waals surface area contributed by atoms with Crippen molar-refractivity contribution in [2.24, 2.45) is 0 Å². The lowest BCUT2D eigenvalue weighted by molar-refractivity contribution is 0.374. The van der Waals surface area contributed by atoms with Crippen LogP contribution in [0.3, 0.4) is 0 Å². The van der Waals surface area contributed by atoms with Crippen LogP contribution in [0.2, 0.25) is 0 Å². The van der Waals surface area contributed by atoms with E-state index in [9.17, 15) is 4.79 Å². The average molecular weight is 293 g/mol. The first kappa shape index (κ1) is 12.6. The topological polar surface area (TPSA) is 74.1 Å². The van der Waals surface area contributed by atoms with E-state index < -0.39 is 5.76 Å². The second-order valence-electron chi connectivity index (χ2n) is 4.80. The average Bonchev–Trinajstić information content (AvgIpc) is 3.12. The Labute approximate surface area is 124 Å². The molecule has 0 saturated heterocycles. The van der Waals surface area contributed by atoms with Gasteiger partial charge in [0.25, 0.3) is 0 Å². The van der Waals surface area contributed by atoms with Crippen LogP contribution in [0.5, 0.6) is 0 Å². The minimum atomic E-state index is -0.541. The SMILES string of the molecule is O=c1onc(-c2ccccc2)n1Cc1nc2ccccc2o1. The summed E-state index contributed by atoms with van der Waals surface area (Å²) in [5.74, 6) is 0.345. The Balaban J connectivity index is 1.77. The van der Waals surface area contributed by atoms with Crippen molar-refractivity contribution in [2.45, 2.75) is 6.54 Å². The molecule has 6 nitrogen and oxygen atoms in total. The van der Waals surface area contributed by atoms with Crippen LogP contribution in [0.25, 0.3) is 22.5 Å². The first-order valence-electron chi connectivity index (χ1n) is 6.77. The van der Waals surface area contributed by atoms with Crippen molar-refractivity contribution in [2.75, 3.05) is 0 Å². The summed E-state index contributed by atoms with van der Waals surface area (Å²) in [6.45, 7) is 0.168. The molecule has 2 aromatic heterocycles.